The van der Waals surface area contributed by atoms with Crippen molar-refractivity contribution in [2.45, 2.75) is 38.3 Å². The minimum Gasteiger partial charge on any atom is -0.465 e. The summed E-state index contributed by atoms with van der Waals surface area (Å²) < 4.78 is 10.2. The van der Waals surface area contributed by atoms with Crippen molar-refractivity contribution in [3.63, 3.8) is 0 Å². The lowest BCUT2D eigenvalue weighted by atomic mass is 9.90. The second-order valence-corrected chi connectivity index (χ2v) is 4.17. The van der Waals surface area contributed by atoms with Crippen molar-refractivity contribution in [2.24, 2.45) is 0 Å². The third-order valence-electron chi connectivity index (χ3n) is 2.92. The van der Waals surface area contributed by atoms with E-state index in [0.29, 0.717) is 32.7 Å². The van der Waals surface area contributed by atoms with E-state index in [9.17, 15) is 9.90 Å². The molecule has 5 heteroatoms. The maximum atomic E-state index is 11.5. The van der Waals surface area contributed by atoms with Crippen LogP contribution in [-0.2, 0) is 14.3 Å². The van der Waals surface area contributed by atoms with E-state index < -0.39 is 11.6 Å². The van der Waals surface area contributed by atoms with Gasteiger partial charge in [0.05, 0.1) is 13.2 Å². The molecule has 94 valence electrons. The summed E-state index contributed by atoms with van der Waals surface area (Å²) in [5.74, 6) is -0.276. The topological polar surface area (TPSA) is 67.8 Å². The molecule has 0 bridgehead atoms. The first-order valence-electron chi connectivity index (χ1n) is 5.76. The lowest BCUT2D eigenvalue weighted by Crippen LogP contribution is -2.57. The van der Waals surface area contributed by atoms with E-state index >= 15 is 0 Å². The molecule has 1 aliphatic heterocycles. The van der Waals surface area contributed by atoms with Gasteiger partial charge in [0.15, 0.2) is 0 Å². The molecule has 0 spiro atoms. The molecule has 0 saturated carbocycles. The molecule has 5 nitrogen and oxygen atoms in total. The van der Waals surface area contributed by atoms with Gasteiger partial charge in [0.25, 0.3) is 0 Å². The number of hydrogen-bond acceptors (Lipinski definition) is 5. The molecule has 0 amide bonds. The van der Waals surface area contributed by atoms with E-state index in [1.165, 1.54) is 0 Å². The molecular weight excluding hydrogens is 210 g/mol. The van der Waals surface area contributed by atoms with E-state index in [4.69, 9.17) is 9.47 Å². The van der Waals surface area contributed by atoms with Crippen LogP contribution < -0.4 is 5.32 Å². The Balaban J connectivity index is 2.51. The molecule has 16 heavy (non-hydrogen) atoms. The highest BCUT2D eigenvalue weighted by Crippen LogP contribution is 2.20. The first-order valence-corrected chi connectivity index (χ1v) is 5.76. The SMILES string of the molecule is CCOC(=O)C(C)NC1(CO)CCOCC1. The fourth-order valence-corrected chi connectivity index (χ4v) is 1.90. The Bertz CT molecular complexity index is 226. The molecule has 0 aromatic carbocycles. The van der Waals surface area contributed by atoms with Crippen LogP contribution >= 0.6 is 0 Å². The van der Waals surface area contributed by atoms with Crippen LogP contribution in [0.2, 0.25) is 0 Å². The second kappa shape index (κ2) is 6.18. The Morgan fingerprint density at radius 2 is 2.19 bits per heavy atom. The number of nitrogens with one attached hydrogen (secondary N) is 1. The molecule has 1 unspecified atom stereocenters. The maximum Gasteiger partial charge on any atom is 0.322 e. The molecule has 1 heterocycles. The van der Waals surface area contributed by atoms with Crippen molar-refractivity contribution < 1.29 is 19.4 Å². The summed E-state index contributed by atoms with van der Waals surface area (Å²) in [5, 5.41) is 12.6. The van der Waals surface area contributed by atoms with Gasteiger partial charge in [-0.25, -0.2) is 0 Å². The predicted molar refractivity (Wildman–Crippen MR) is 59.1 cm³/mol. The van der Waals surface area contributed by atoms with Gasteiger partial charge in [-0.2, -0.15) is 0 Å². The fourth-order valence-electron chi connectivity index (χ4n) is 1.90. The van der Waals surface area contributed by atoms with Gasteiger partial charge < -0.3 is 14.6 Å². The maximum absolute atomic E-state index is 11.5. The van der Waals surface area contributed by atoms with Gasteiger partial charge >= 0.3 is 5.97 Å². The highest BCUT2D eigenvalue weighted by atomic mass is 16.5. The highest BCUT2D eigenvalue weighted by molar-refractivity contribution is 5.75. The van der Waals surface area contributed by atoms with Crippen molar-refractivity contribution in [3.05, 3.63) is 0 Å². The van der Waals surface area contributed by atoms with Crippen molar-refractivity contribution in [2.75, 3.05) is 26.4 Å². The van der Waals surface area contributed by atoms with Gasteiger partial charge in [-0.3, -0.25) is 10.1 Å². The van der Waals surface area contributed by atoms with Gasteiger partial charge in [0.2, 0.25) is 0 Å². The normalized spacial score (nSPS) is 21.4. The van der Waals surface area contributed by atoms with E-state index in [2.05, 4.69) is 5.32 Å². The van der Waals surface area contributed by atoms with Crippen molar-refractivity contribution in [1.29, 1.82) is 0 Å². The predicted octanol–water partition coefficient (Wildman–Crippen LogP) is 0.0691. The molecule has 0 aromatic rings. The molecule has 1 rings (SSSR count). The third-order valence-corrected chi connectivity index (χ3v) is 2.92. The summed E-state index contributed by atoms with van der Waals surface area (Å²) in [6, 6.07) is -0.398. The van der Waals surface area contributed by atoms with Crippen molar-refractivity contribution in [1.82, 2.24) is 5.32 Å². The summed E-state index contributed by atoms with van der Waals surface area (Å²) in [5.41, 5.74) is -0.398. The van der Waals surface area contributed by atoms with Crippen LogP contribution in [0.5, 0.6) is 0 Å². The first-order chi connectivity index (χ1) is 7.63. The summed E-state index contributed by atoms with van der Waals surface area (Å²) in [6.45, 7) is 5.15. The second-order valence-electron chi connectivity index (χ2n) is 4.17. The Morgan fingerprint density at radius 1 is 1.56 bits per heavy atom. The van der Waals surface area contributed by atoms with E-state index in [0.717, 1.165) is 0 Å². The van der Waals surface area contributed by atoms with Crippen LogP contribution in [0.25, 0.3) is 0 Å². The van der Waals surface area contributed by atoms with Crippen LogP contribution in [0, 0.1) is 0 Å². The van der Waals surface area contributed by atoms with E-state index in [-0.39, 0.29) is 12.6 Å². The summed E-state index contributed by atoms with van der Waals surface area (Å²) in [7, 11) is 0. The molecule has 0 radical (unpaired) electrons. The number of rotatable bonds is 5. The average molecular weight is 231 g/mol. The molecule has 2 N–H and O–H groups in total. The standard InChI is InChI=1S/C11H21NO4/c1-3-16-10(14)9(2)12-11(8-13)4-6-15-7-5-11/h9,12-13H,3-8H2,1-2H3. The summed E-state index contributed by atoms with van der Waals surface area (Å²) in [4.78, 5) is 11.5. The van der Waals surface area contributed by atoms with Crippen LogP contribution in [0.15, 0.2) is 0 Å². The number of aliphatic hydroxyl groups excluding tert-OH is 1. The number of esters is 1. The number of ether oxygens (including phenoxy) is 2. The number of aliphatic hydroxyl groups is 1. The Kier molecular flexibility index (Phi) is 5.18. The first kappa shape index (κ1) is 13.4. The van der Waals surface area contributed by atoms with Crippen LogP contribution in [0.1, 0.15) is 26.7 Å². The Hall–Kier alpha value is -0.650. The van der Waals surface area contributed by atoms with Gasteiger partial charge in [-0.15, -0.1) is 0 Å². The molecular formula is C11H21NO4. The number of hydrogen-bond donors (Lipinski definition) is 2. The largest absolute Gasteiger partial charge is 0.465 e. The summed E-state index contributed by atoms with van der Waals surface area (Å²) in [6.07, 6.45) is 1.43. The summed E-state index contributed by atoms with van der Waals surface area (Å²) >= 11 is 0. The lowest BCUT2D eigenvalue weighted by molar-refractivity contribution is -0.146. The zero-order valence-electron chi connectivity index (χ0n) is 9.99. The molecule has 1 fully saturated rings. The minimum absolute atomic E-state index is 0.0140. The van der Waals surface area contributed by atoms with Crippen molar-refractivity contribution >= 4 is 5.97 Å². The van der Waals surface area contributed by atoms with Gasteiger partial charge in [-0.05, 0) is 26.7 Å². The quantitative estimate of drug-likeness (QED) is 0.655. The molecule has 0 aliphatic carbocycles. The van der Waals surface area contributed by atoms with E-state index in [1.807, 2.05) is 0 Å². The minimum atomic E-state index is -0.398. The molecule has 1 atom stereocenters. The molecule has 1 aliphatic rings. The van der Waals surface area contributed by atoms with Gasteiger partial charge in [0.1, 0.15) is 6.04 Å². The van der Waals surface area contributed by atoms with Crippen molar-refractivity contribution in [3.8, 4) is 0 Å². The fraction of sp³-hybridized carbons (Fsp3) is 0.909. The van der Waals surface area contributed by atoms with Crippen LogP contribution in [-0.4, -0.2) is 49.1 Å². The monoisotopic (exact) mass is 231 g/mol. The van der Waals surface area contributed by atoms with Gasteiger partial charge in [-0.1, -0.05) is 0 Å². The highest BCUT2D eigenvalue weighted by Gasteiger charge is 2.34. The zero-order chi connectivity index (χ0) is 12.0. The molecule has 1 saturated heterocycles. The number of carbonyl (C=O) groups excluding carboxylic acids is 1. The van der Waals surface area contributed by atoms with E-state index in [1.54, 1.807) is 13.8 Å². The average Bonchev–Trinajstić information content (AvgIpc) is 2.30. The third kappa shape index (κ3) is 3.43. The van der Waals surface area contributed by atoms with Gasteiger partial charge in [0, 0.05) is 18.8 Å². The lowest BCUT2D eigenvalue weighted by Gasteiger charge is -2.38. The smallest absolute Gasteiger partial charge is 0.322 e. The zero-order valence-corrected chi connectivity index (χ0v) is 9.99. The Morgan fingerprint density at radius 3 is 2.69 bits per heavy atom. The molecule has 0 aromatic heterocycles. The van der Waals surface area contributed by atoms with Crippen LogP contribution in [0.4, 0.5) is 0 Å². The Labute approximate surface area is 96.1 Å². The number of carbonyl (C=O) groups is 1. The van der Waals surface area contributed by atoms with Crippen LogP contribution in [0.3, 0.4) is 0 Å².